The molecule has 4 heteroatoms. The summed E-state index contributed by atoms with van der Waals surface area (Å²) in [7, 11) is 0. The van der Waals surface area contributed by atoms with E-state index in [9.17, 15) is 9.90 Å². The van der Waals surface area contributed by atoms with Gasteiger partial charge in [0.25, 0.3) is 0 Å². The van der Waals surface area contributed by atoms with Crippen molar-refractivity contribution in [3.8, 4) is 5.75 Å². The standard InChI is InChI=1S/C18H25NO3/c1-13-5-4-7-15(11-13)22-10-9-19-16-8-3-2-6-14(16)12-17(19)18(20)21/h4-5,7,11,14,16-17H,2-3,6,8-10,12H2,1H3,(H,20,21)/t14-,16-,17-/m0/s1. The van der Waals surface area contributed by atoms with Crippen LogP contribution in [0.15, 0.2) is 24.3 Å². The number of likely N-dealkylation sites (tertiary alicyclic amines) is 1. The molecule has 1 saturated heterocycles. The fourth-order valence-electron chi connectivity index (χ4n) is 4.09. The van der Waals surface area contributed by atoms with Crippen molar-refractivity contribution in [2.24, 2.45) is 5.92 Å². The highest BCUT2D eigenvalue weighted by Crippen LogP contribution is 2.39. The molecule has 2 fully saturated rings. The molecule has 0 amide bonds. The zero-order valence-corrected chi connectivity index (χ0v) is 13.2. The minimum absolute atomic E-state index is 0.325. The van der Waals surface area contributed by atoms with Gasteiger partial charge in [-0.3, -0.25) is 9.69 Å². The first-order chi connectivity index (χ1) is 10.6. The largest absolute Gasteiger partial charge is 0.492 e. The van der Waals surface area contributed by atoms with Gasteiger partial charge in [-0.25, -0.2) is 0 Å². The van der Waals surface area contributed by atoms with Gasteiger partial charge in [0.15, 0.2) is 0 Å². The maximum atomic E-state index is 11.6. The van der Waals surface area contributed by atoms with Gasteiger partial charge in [-0.2, -0.15) is 0 Å². The molecule has 2 aliphatic rings. The van der Waals surface area contributed by atoms with Crippen LogP contribution in [-0.2, 0) is 4.79 Å². The molecule has 120 valence electrons. The van der Waals surface area contributed by atoms with Gasteiger partial charge in [0, 0.05) is 12.6 Å². The fraction of sp³-hybridized carbons (Fsp3) is 0.611. The van der Waals surface area contributed by atoms with E-state index in [1.807, 2.05) is 31.2 Å². The monoisotopic (exact) mass is 303 g/mol. The number of aliphatic carboxylic acids is 1. The third-order valence-electron chi connectivity index (χ3n) is 5.11. The number of rotatable bonds is 5. The normalized spacial score (nSPS) is 28.3. The van der Waals surface area contributed by atoms with Crippen molar-refractivity contribution < 1.29 is 14.6 Å². The van der Waals surface area contributed by atoms with E-state index in [-0.39, 0.29) is 6.04 Å². The van der Waals surface area contributed by atoms with Gasteiger partial charge in [0.2, 0.25) is 0 Å². The predicted molar refractivity (Wildman–Crippen MR) is 85.2 cm³/mol. The molecular formula is C18H25NO3. The highest BCUT2D eigenvalue weighted by atomic mass is 16.5. The molecule has 4 nitrogen and oxygen atoms in total. The number of ether oxygens (including phenoxy) is 1. The third kappa shape index (κ3) is 3.27. The molecule has 1 aromatic carbocycles. The van der Waals surface area contributed by atoms with Crippen LogP contribution in [0.4, 0.5) is 0 Å². The Morgan fingerprint density at radius 3 is 2.95 bits per heavy atom. The van der Waals surface area contributed by atoms with Gasteiger partial charge in [0.05, 0.1) is 0 Å². The molecule has 3 rings (SSSR count). The molecule has 0 spiro atoms. The van der Waals surface area contributed by atoms with Crippen molar-refractivity contribution in [3.05, 3.63) is 29.8 Å². The van der Waals surface area contributed by atoms with Crippen molar-refractivity contribution in [2.45, 2.75) is 51.1 Å². The quantitative estimate of drug-likeness (QED) is 0.908. The third-order valence-corrected chi connectivity index (χ3v) is 5.11. The van der Waals surface area contributed by atoms with Crippen LogP contribution in [0.5, 0.6) is 5.75 Å². The number of aryl methyl sites for hydroxylation is 1. The van der Waals surface area contributed by atoms with Crippen LogP contribution in [0.3, 0.4) is 0 Å². The Balaban J connectivity index is 1.60. The number of benzene rings is 1. The number of nitrogens with zero attached hydrogens (tertiary/aromatic N) is 1. The molecule has 0 aromatic heterocycles. The maximum absolute atomic E-state index is 11.6. The Bertz CT molecular complexity index is 531. The first kappa shape index (κ1) is 15.3. The molecule has 22 heavy (non-hydrogen) atoms. The minimum atomic E-state index is -0.676. The van der Waals surface area contributed by atoms with Crippen molar-refractivity contribution in [1.29, 1.82) is 0 Å². The van der Waals surface area contributed by atoms with Gasteiger partial charge in [-0.1, -0.05) is 25.0 Å². The van der Waals surface area contributed by atoms with Crippen LogP contribution in [0, 0.1) is 12.8 Å². The lowest BCUT2D eigenvalue weighted by molar-refractivity contribution is -0.142. The average molecular weight is 303 g/mol. The Hall–Kier alpha value is -1.55. The smallest absolute Gasteiger partial charge is 0.320 e. The summed E-state index contributed by atoms with van der Waals surface area (Å²) in [6.45, 7) is 3.29. The van der Waals surface area contributed by atoms with E-state index in [1.165, 1.54) is 24.8 Å². The highest BCUT2D eigenvalue weighted by molar-refractivity contribution is 5.74. The van der Waals surface area contributed by atoms with Crippen LogP contribution in [0.2, 0.25) is 0 Å². The Kier molecular flexibility index (Phi) is 4.67. The van der Waals surface area contributed by atoms with Crippen molar-refractivity contribution in [2.75, 3.05) is 13.2 Å². The van der Waals surface area contributed by atoms with Gasteiger partial charge in [-0.15, -0.1) is 0 Å². The van der Waals surface area contributed by atoms with Gasteiger partial charge in [0.1, 0.15) is 18.4 Å². The molecule has 1 aliphatic carbocycles. The van der Waals surface area contributed by atoms with E-state index in [1.54, 1.807) is 0 Å². The minimum Gasteiger partial charge on any atom is -0.492 e. The number of fused-ring (bicyclic) bond motifs is 1. The number of carboxylic acid groups (broad SMARTS) is 1. The van der Waals surface area contributed by atoms with Crippen molar-refractivity contribution in [1.82, 2.24) is 4.90 Å². The van der Waals surface area contributed by atoms with Gasteiger partial charge in [-0.05, 0) is 49.8 Å². The van der Waals surface area contributed by atoms with E-state index < -0.39 is 5.97 Å². The molecule has 1 N–H and O–H groups in total. The zero-order chi connectivity index (χ0) is 15.5. The second kappa shape index (κ2) is 6.69. The first-order valence-corrected chi connectivity index (χ1v) is 8.33. The van der Waals surface area contributed by atoms with Crippen LogP contribution in [-0.4, -0.2) is 41.2 Å². The predicted octanol–water partition coefficient (Wildman–Crippen LogP) is 3.09. The van der Waals surface area contributed by atoms with E-state index >= 15 is 0 Å². The number of carbonyl (C=O) groups is 1. The molecule has 1 saturated carbocycles. The Morgan fingerprint density at radius 2 is 2.18 bits per heavy atom. The summed E-state index contributed by atoms with van der Waals surface area (Å²) in [5, 5.41) is 9.50. The Morgan fingerprint density at radius 1 is 1.36 bits per heavy atom. The fourth-order valence-corrected chi connectivity index (χ4v) is 4.09. The van der Waals surface area contributed by atoms with Gasteiger partial charge >= 0.3 is 5.97 Å². The molecule has 0 unspecified atom stereocenters. The summed E-state index contributed by atoms with van der Waals surface area (Å²) in [6.07, 6.45) is 5.61. The molecule has 0 radical (unpaired) electrons. The first-order valence-electron chi connectivity index (χ1n) is 8.33. The summed E-state index contributed by atoms with van der Waals surface area (Å²) >= 11 is 0. The summed E-state index contributed by atoms with van der Waals surface area (Å²) in [4.78, 5) is 13.7. The van der Waals surface area contributed by atoms with E-state index in [4.69, 9.17) is 4.74 Å². The van der Waals surface area contributed by atoms with Crippen molar-refractivity contribution >= 4 is 5.97 Å². The molecule has 1 aromatic rings. The number of hydrogen-bond donors (Lipinski definition) is 1. The van der Waals surface area contributed by atoms with Crippen LogP contribution < -0.4 is 4.74 Å². The lowest BCUT2D eigenvalue weighted by Crippen LogP contribution is -2.44. The second-order valence-corrected chi connectivity index (χ2v) is 6.60. The molecular weight excluding hydrogens is 278 g/mol. The summed E-state index contributed by atoms with van der Waals surface area (Å²) in [5.74, 6) is 0.755. The Labute approximate surface area is 132 Å². The number of hydrogen-bond acceptors (Lipinski definition) is 3. The SMILES string of the molecule is Cc1cccc(OCCN2[C@H](C(=O)O)C[C@@H]3CCCC[C@@H]32)c1. The molecule has 1 heterocycles. The molecule has 1 aliphatic heterocycles. The summed E-state index contributed by atoms with van der Waals surface area (Å²) < 4.78 is 5.82. The maximum Gasteiger partial charge on any atom is 0.320 e. The lowest BCUT2D eigenvalue weighted by atomic mass is 9.85. The van der Waals surface area contributed by atoms with Gasteiger partial charge < -0.3 is 9.84 Å². The summed E-state index contributed by atoms with van der Waals surface area (Å²) in [6, 6.07) is 8.11. The zero-order valence-electron chi connectivity index (χ0n) is 13.2. The van der Waals surface area contributed by atoms with Crippen LogP contribution in [0.25, 0.3) is 0 Å². The van der Waals surface area contributed by atoms with E-state index in [2.05, 4.69) is 4.90 Å². The topological polar surface area (TPSA) is 49.8 Å². The highest BCUT2D eigenvalue weighted by Gasteiger charge is 2.44. The lowest BCUT2D eigenvalue weighted by Gasteiger charge is -2.32. The number of carboxylic acids is 1. The van der Waals surface area contributed by atoms with Crippen LogP contribution in [0.1, 0.15) is 37.7 Å². The second-order valence-electron chi connectivity index (χ2n) is 6.60. The van der Waals surface area contributed by atoms with E-state index in [0.717, 1.165) is 18.6 Å². The van der Waals surface area contributed by atoms with Crippen LogP contribution >= 0.6 is 0 Å². The van der Waals surface area contributed by atoms with E-state index in [0.29, 0.717) is 25.1 Å². The summed E-state index contributed by atoms with van der Waals surface area (Å²) in [5.41, 5.74) is 1.18. The molecule has 0 bridgehead atoms. The molecule has 3 atom stereocenters. The van der Waals surface area contributed by atoms with Crippen molar-refractivity contribution in [3.63, 3.8) is 0 Å². The average Bonchev–Trinajstić information content (AvgIpc) is 2.87.